The molecule has 0 bridgehead atoms. The Labute approximate surface area is 526 Å². The van der Waals surface area contributed by atoms with E-state index in [0.717, 1.165) is 17.1 Å². The summed E-state index contributed by atoms with van der Waals surface area (Å²) >= 11 is 0. The molecule has 2 aliphatic rings. The Morgan fingerprint density at radius 3 is 1.01 bits per heavy atom. The summed E-state index contributed by atoms with van der Waals surface area (Å²) in [6.07, 6.45) is 0. The molecule has 0 atom stereocenters. The minimum atomic E-state index is -0.280. The van der Waals surface area contributed by atoms with Crippen LogP contribution in [0.1, 0.15) is 84.6 Å². The standard InChI is InChI=1S/C85H74BN3/c1-55-46-76-73(54-67(55)56-30-16-11-17-31-56)86-72-45-44-64(87-74-42-28-26-40-65(74)66-41-27-29-43-75(66)87)53-77(72)89(82-70(59-36-22-14-23-37-59)49-62(84(5,6)7)50-71(82)60-38-24-15-25-39-60)79-52-63(85(8,9)10)51-78(80(79)86)88(76)81-68(57-32-18-12-19-33-57)47-61(83(2,3)4)48-69(81)58-34-20-13-21-35-58/h11-54H,1-10H3. The van der Waals surface area contributed by atoms with E-state index in [9.17, 15) is 0 Å². The molecule has 15 rings (SSSR count). The molecule has 0 spiro atoms. The van der Waals surface area contributed by atoms with Crippen LogP contribution in [0.2, 0.25) is 0 Å². The van der Waals surface area contributed by atoms with Crippen LogP contribution in [-0.4, -0.2) is 11.3 Å². The van der Waals surface area contributed by atoms with Crippen molar-refractivity contribution in [3.63, 3.8) is 0 Å². The lowest BCUT2D eigenvalue weighted by atomic mass is 9.33. The summed E-state index contributed by atoms with van der Waals surface area (Å²) in [7, 11) is 0. The van der Waals surface area contributed by atoms with Gasteiger partial charge in [0.25, 0.3) is 6.71 Å². The fraction of sp³-hybridized carbons (Fsp3) is 0.153. The molecular formula is C85H74BN3. The van der Waals surface area contributed by atoms with E-state index < -0.39 is 0 Å². The number of para-hydroxylation sites is 2. The maximum atomic E-state index is 2.72. The van der Waals surface area contributed by atoms with Crippen molar-refractivity contribution in [1.29, 1.82) is 0 Å². The molecule has 0 saturated carbocycles. The first-order chi connectivity index (χ1) is 43.0. The third kappa shape index (κ3) is 9.42. The van der Waals surface area contributed by atoms with Crippen LogP contribution in [-0.2, 0) is 16.2 Å². The van der Waals surface area contributed by atoms with Crippen LogP contribution in [0.25, 0.3) is 83.1 Å². The smallest absolute Gasteiger partial charge is 0.252 e. The molecule has 13 aromatic rings. The van der Waals surface area contributed by atoms with E-state index in [1.165, 1.54) is 139 Å². The van der Waals surface area contributed by atoms with Crippen LogP contribution in [0.3, 0.4) is 0 Å². The number of anilines is 6. The van der Waals surface area contributed by atoms with E-state index >= 15 is 0 Å². The number of nitrogens with zero attached hydrogens (tertiary/aromatic N) is 3. The molecule has 0 saturated heterocycles. The maximum absolute atomic E-state index is 2.72. The zero-order valence-electron chi connectivity index (χ0n) is 52.8. The molecular weight excluding hydrogens is 1070 g/mol. The predicted octanol–water partition coefficient (Wildman–Crippen LogP) is 21.4. The van der Waals surface area contributed by atoms with Gasteiger partial charge in [-0.05, 0) is 162 Å². The predicted molar refractivity (Wildman–Crippen MR) is 383 cm³/mol. The van der Waals surface area contributed by atoms with Gasteiger partial charge < -0.3 is 14.4 Å². The van der Waals surface area contributed by atoms with Crippen LogP contribution in [0.5, 0.6) is 0 Å². The molecule has 0 aliphatic carbocycles. The molecule has 89 heavy (non-hydrogen) atoms. The molecule has 3 nitrogen and oxygen atoms in total. The van der Waals surface area contributed by atoms with Crippen molar-refractivity contribution in [1.82, 2.24) is 4.57 Å². The minimum Gasteiger partial charge on any atom is -0.310 e. The van der Waals surface area contributed by atoms with Gasteiger partial charge in [-0.15, -0.1) is 0 Å². The quantitative estimate of drug-likeness (QED) is 0.141. The molecule has 0 N–H and O–H groups in total. The van der Waals surface area contributed by atoms with Crippen molar-refractivity contribution in [2.75, 3.05) is 9.80 Å². The highest BCUT2D eigenvalue weighted by Crippen LogP contribution is 2.55. The number of fused-ring (bicyclic) bond motifs is 7. The summed E-state index contributed by atoms with van der Waals surface area (Å²) in [6, 6.07) is 101. The third-order valence-electron chi connectivity index (χ3n) is 18.9. The number of rotatable bonds is 8. The summed E-state index contributed by atoms with van der Waals surface area (Å²) < 4.78 is 2.50. The zero-order valence-corrected chi connectivity index (χ0v) is 52.8. The number of benzene rings is 12. The minimum absolute atomic E-state index is 0.152. The van der Waals surface area contributed by atoms with Crippen molar-refractivity contribution < 1.29 is 0 Å². The summed E-state index contributed by atoms with van der Waals surface area (Å²) in [6.45, 7) is 23.4. The van der Waals surface area contributed by atoms with E-state index in [1.807, 2.05) is 0 Å². The van der Waals surface area contributed by atoms with Crippen LogP contribution < -0.4 is 26.2 Å². The summed E-state index contributed by atoms with van der Waals surface area (Å²) in [4.78, 5) is 5.44. The fourth-order valence-corrected chi connectivity index (χ4v) is 14.3. The second-order valence-electron chi connectivity index (χ2n) is 27.8. The van der Waals surface area contributed by atoms with E-state index in [4.69, 9.17) is 0 Å². The Morgan fingerprint density at radius 1 is 0.292 bits per heavy atom. The van der Waals surface area contributed by atoms with E-state index in [1.54, 1.807) is 0 Å². The third-order valence-corrected chi connectivity index (χ3v) is 18.9. The van der Waals surface area contributed by atoms with Gasteiger partial charge in [-0.25, -0.2) is 0 Å². The second kappa shape index (κ2) is 21.2. The molecule has 432 valence electrons. The Morgan fingerprint density at radius 2 is 0.629 bits per heavy atom. The van der Waals surface area contributed by atoms with Gasteiger partial charge in [0.2, 0.25) is 0 Å². The maximum Gasteiger partial charge on any atom is 0.252 e. The molecule has 0 fully saturated rings. The van der Waals surface area contributed by atoms with E-state index in [2.05, 4.69) is 351 Å². The highest BCUT2D eigenvalue weighted by atomic mass is 15.2. The first kappa shape index (κ1) is 55.7. The van der Waals surface area contributed by atoms with Gasteiger partial charge in [-0.2, -0.15) is 0 Å². The van der Waals surface area contributed by atoms with Gasteiger partial charge in [0.05, 0.1) is 22.4 Å². The van der Waals surface area contributed by atoms with Crippen molar-refractivity contribution in [2.45, 2.75) is 85.5 Å². The van der Waals surface area contributed by atoms with Crippen molar-refractivity contribution >= 4 is 79.0 Å². The van der Waals surface area contributed by atoms with Crippen LogP contribution in [0, 0.1) is 6.92 Å². The topological polar surface area (TPSA) is 11.4 Å². The first-order valence-electron chi connectivity index (χ1n) is 31.7. The molecule has 0 unspecified atom stereocenters. The summed E-state index contributed by atoms with van der Waals surface area (Å²) in [5.41, 5.74) is 30.6. The van der Waals surface area contributed by atoms with E-state index in [0.29, 0.717) is 0 Å². The number of aryl methyl sites for hydroxylation is 1. The SMILES string of the molecule is Cc1cc2c(cc1-c1ccccc1)B1c3ccc(-n4c5ccccc5c5ccccc54)cc3N(c3c(-c4ccccc4)cc(C(C)(C)C)cc3-c3ccccc3)c3cc(C(C)(C)C)cc(c31)N2c1c(-c2ccccc2)cc(C(C)(C)C)cc1-c1ccccc1. The van der Waals surface area contributed by atoms with Crippen LogP contribution >= 0.6 is 0 Å². The summed E-state index contributed by atoms with van der Waals surface area (Å²) in [5.74, 6) is 0. The van der Waals surface area contributed by atoms with E-state index in [-0.39, 0.29) is 23.0 Å². The highest BCUT2D eigenvalue weighted by molar-refractivity contribution is 7.00. The second-order valence-corrected chi connectivity index (χ2v) is 27.8. The molecule has 2 aliphatic heterocycles. The van der Waals surface area contributed by atoms with Gasteiger partial charge >= 0.3 is 0 Å². The fourth-order valence-electron chi connectivity index (χ4n) is 14.3. The largest absolute Gasteiger partial charge is 0.310 e. The molecule has 0 amide bonds. The molecule has 1 aromatic heterocycles. The highest BCUT2D eigenvalue weighted by Gasteiger charge is 2.47. The Bertz CT molecular complexity index is 4710. The summed E-state index contributed by atoms with van der Waals surface area (Å²) in [5, 5.41) is 2.48. The van der Waals surface area contributed by atoms with Gasteiger partial charge in [-0.3, -0.25) is 0 Å². The Balaban J connectivity index is 1.16. The Kier molecular flexibility index (Phi) is 13.2. The van der Waals surface area contributed by atoms with Crippen LogP contribution in [0.4, 0.5) is 34.1 Å². The number of hydrogen-bond donors (Lipinski definition) is 0. The van der Waals surface area contributed by atoms with Gasteiger partial charge in [0.1, 0.15) is 0 Å². The van der Waals surface area contributed by atoms with Crippen molar-refractivity contribution in [2.24, 2.45) is 0 Å². The average molecular weight is 1150 g/mol. The zero-order chi connectivity index (χ0) is 61.1. The monoisotopic (exact) mass is 1150 g/mol. The molecule has 4 heteroatoms. The van der Waals surface area contributed by atoms with Crippen LogP contribution in [0.15, 0.2) is 267 Å². The van der Waals surface area contributed by atoms with Gasteiger partial charge in [0.15, 0.2) is 0 Å². The Hall–Kier alpha value is -9.90. The lowest BCUT2D eigenvalue weighted by molar-refractivity contribution is 0.590. The first-order valence-corrected chi connectivity index (χ1v) is 31.7. The lowest BCUT2D eigenvalue weighted by Gasteiger charge is -2.47. The average Bonchev–Trinajstić information content (AvgIpc) is 1.15. The molecule has 12 aromatic carbocycles. The van der Waals surface area contributed by atoms with Gasteiger partial charge in [0, 0.05) is 61.5 Å². The van der Waals surface area contributed by atoms with Crippen molar-refractivity contribution in [3.05, 3.63) is 289 Å². The normalized spacial score (nSPS) is 13.0. The molecule has 0 radical (unpaired) electrons. The number of aromatic nitrogens is 1. The molecule has 3 heterocycles. The van der Waals surface area contributed by atoms with Crippen molar-refractivity contribution in [3.8, 4) is 61.3 Å². The number of hydrogen-bond acceptors (Lipinski definition) is 2. The lowest BCUT2D eigenvalue weighted by Crippen LogP contribution is -2.61. The van der Waals surface area contributed by atoms with Gasteiger partial charge in [-0.1, -0.05) is 263 Å².